The first-order chi connectivity index (χ1) is 4.77. The van der Waals surface area contributed by atoms with Crippen LogP contribution in [-0.2, 0) is 0 Å². The lowest BCUT2D eigenvalue weighted by molar-refractivity contribution is 1.47. The highest BCUT2D eigenvalue weighted by molar-refractivity contribution is 5.77. The number of aliphatic imine (C=N–C) groups is 1. The van der Waals surface area contributed by atoms with Crippen LogP contribution in [0.5, 0.6) is 0 Å². The third-order valence-electron chi connectivity index (χ3n) is 0.500. The molecule has 0 atom stereocenters. The summed E-state index contributed by atoms with van der Waals surface area (Å²) in [5, 5.41) is 0. The molecule has 0 aromatic heterocycles. The van der Waals surface area contributed by atoms with E-state index in [0.717, 1.165) is 0 Å². The summed E-state index contributed by atoms with van der Waals surface area (Å²) in [6, 6.07) is 0. The van der Waals surface area contributed by atoms with Crippen molar-refractivity contribution >= 4 is 5.84 Å². The van der Waals surface area contributed by atoms with E-state index in [4.69, 9.17) is 5.73 Å². The van der Waals surface area contributed by atoms with E-state index in [1.54, 1.807) is 25.3 Å². The van der Waals surface area contributed by atoms with Crippen molar-refractivity contribution in [3.05, 3.63) is 24.9 Å². The van der Waals surface area contributed by atoms with Crippen molar-refractivity contribution in [1.29, 1.82) is 0 Å². The minimum Gasteiger partial charge on any atom is -0.387 e. The van der Waals surface area contributed by atoms with Crippen LogP contribution in [0.3, 0.4) is 0 Å². The van der Waals surface area contributed by atoms with E-state index in [1.165, 1.54) is 0 Å². The van der Waals surface area contributed by atoms with Crippen molar-refractivity contribution < 1.29 is 0 Å². The van der Waals surface area contributed by atoms with Crippen molar-refractivity contribution in [3.63, 3.8) is 0 Å². The van der Waals surface area contributed by atoms with Gasteiger partial charge in [0, 0.05) is 6.20 Å². The fraction of sp³-hybridized carbons (Fsp3) is 0.375. The summed E-state index contributed by atoms with van der Waals surface area (Å²) >= 11 is 0. The molecule has 0 spiro atoms. The first-order valence-electron chi connectivity index (χ1n) is 3.35. The molecule has 0 fully saturated rings. The highest BCUT2D eigenvalue weighted by Crippen LogP contribution is 1.74. The molecule has 0 aromatic rings. The largest absolute Gasteiger partial charge is 0.387 e. The minimum atomic E-state index is 0.558. The van der Waals surface area contributed by atoms with Crippen molar-refractivity contribution in [1.82, 2.24) is 0 Å². The molecule has 0 unspecified atom stereocenters. The van der Waals surface area contributed by atoms with Crippen LogP contribution in [0, 0.1) is 0 Å². The molecule has 0 heterocycles. The monoisotopic (exact) mass is 140 g/mol. The molecular weight excluding hydrogens is 124 g/mol. The zero-order valence-electron chi connectivity index (χ0n) is 6.96. The van der Waals surface area contributed by atoms with Gasteiger partial charge in [-0.2, -0.15) is 0 Å². The molecular formula is C8H16N2. The lowest BCUT2D eigenvalue weighted by Gasteiger charge is -1.79. The van der Waals surface area contributed by atoms with Crippen LogP contribution in [0.25, 0.3) is 0 Å². The van der Waals surface area contributed by atoms with Crippen LogP contribution < -0.4 is 5.73 Å². The Balaban J connectivity index is 0. The summed E-state index contributed by atoms with van der Waals surface area (Å²) in [5.41, 5.74) is 5.20. The van der Waals surface area contributed by atoms with E-state index in [-0.39, 0.29) is 0 Å². The van der Waals surface area contributed by atoms with Gasteiger partial charge in [0.1, 0.15) is 0 Å². The molecule has 0 aliphatic rings. The highest BCUT2D eigenvalue weighted by Gasteiger charge is 1.67. The van der Waals surface area contributed by atoms with Crippen LogP contribution >= 0.6 is 0 Å². The Morgan fingerprint density at radius 2 is 2.00 bits per heavy atom. The van der Waals surface area contributed by atoms with Crippen molar-refractivity contribution in [2.24, 2.45) is 10.7 Å². The highest BCUT2D eigenvalue weighted by atomic mass is 14.8. The SMILES string of the molecule is C=C/C=C\N=C(C)N.CC. The average Bonchev–Trinajstić information content (AvgIpc) is 1.92. The zero-order valence-corrected chi connectivity index (χ0v) is 6.96. The van der Waals surface area contributed by atoms with Crippen LogP contribution in [0.1, 0.15) is 20.8 Å². The number of nitrogens with two attached hydrogens (primary N) is 1. The van der Waals surface area contributed by atoms with Gasteiger partial charge in [-0.25, -0.2) is 4.99 Å². The smallest absolute Gasteiger partial charge is 0.0957 e. The molecule has 2 heteroatoms. The quantitative estimate of drug-likeness (QED) is 0.356. The molecule has 0 saturated heterocycles. The number of amidine groups is 1. The van der Waals surface area contributed by atoms with E-state index in [1.807, 2.05) is 13.8 Å². The fourth-order valence-corrected chi connectivity index (χ4v) is 0.221. The lowest BCUT2D eigenvalue weighted by atomic mass is 10.6. The fourth-order valence-electron chi connectivity index (χ4n) is 0.221. The Bertz CT molecular complexity index is 119. The van der Waals surface area contributed by atoms with Crippen molar-refractivity contribution in [2.45, 2.75) is 20.8 Å². The summed E-state index contributed by atoms with van der Waals surface area (Å²) in [4.78, 5) is 3.76. The van der Waals surface area contributed by atoms with Gasteiger partial charge in [0.25, 0.3) is 0 Å². The molecule has 0 saturated carbocycles. The zero-order chi connectivity index (χ0) is 8.41. The second-order valence-corrected chi connectivity index (χ2v) is 1.35. The minimum absolute atomic E-state index is 0.558. The number of hydrogen-bond donors (Lipinski definition) is 1. The standard InChI is InChI=1S/C6H10N2.C2H6/c1-3-4-5-8-6(2)7;1-2/h3-5H,1H2,2H3,(H2,7,8);1-2H3/b5-4-;. The predicted octanol–water partition coefficient (Wildman–Crippen LogP) is 2.09. The van der Waals surface area contributed by atoms with Crippen LogP contribution in [0.15, 0.2) is 29.9 Å². The molecule has 2 N–H and O–H groups in total. The maximum Gasteiger partial charge on any atom is 0.0957 e. The van der Waals surface area contributed by atoms with E-state index < -0.39 is 0 Å². The summed E-state index contributed by atoms with van der Waals surface area (Å²) in [6.45, 7) is 9.19. The first-order valence-corrected chi connectivity index (χ1v) is 3.35. The lowest BCUT2D eigenvalue weighted by Crippen LogP contribution is -2.03. The third-order valence-corrected chi connectivity index (χ3v) is 0.500. The van der Waals surface area contributed by atoms with Gasteiger partial charge in [0.15, 0.2) is 0 Å². The second-order valence-electron chi connectivity index (χ2n) is 1.35. The van der Waals surface area contributed by atoms with Gasteiger partial charge in [-0.3, -0.25) is 0 Å². The molecule has 0 bridgehead atoms. The maximum absolute atomic E-state index is 5.20. The van der Waals surface area contributed by atoms with E-state index in [9.17, 15) is 0 Å². The molecule has 10 heavy (non-hydrogen) atoms. The topological polar surface area (TPSA) is 38.4 Å². The van der Waals surface area contributed by atoms with Gasteiger partial charge in [0.05, 0.1) is 5.84 Å². The molecule has 0 radical (unpaired) electrons. The number of hydrogen-bond acceptors (Lipinski definition) is 1. The Morgan fingerprint density at radius 1 is 1.50 bits per heavy atom. The third kappa shape index (κ3) is 15.8. The van der Waals surface area contributed by atoms with Crippen LogP contribution in [0.2, 0.25) is 0 Å². The number of rotatable bonds is 2. The van der Waals surface area contributed by atoms with Crippen molar-refractivity contribution in [3.8, 4) is 0 Å². The summed E-state index contributed by atoms with van der Waals surface area (Å²) in [7, 11) is 0. The van der Waals surface area contributed by atoms with Gasteiger partial charge in [-0.1, -0.05) is 26.5 Å². The maximum atomic E-state index is 5.20. The summed E-state index contributed by atoms with van der Waals surface area (Å²) in [6.07, 6.45) is 4.96. The van der Waals surface area contributed by atoms with Crippen LogP contribution in [-0.4, -0.2) is 5.84 Å². The molecule has 2 nitrogen and oxygen atoms in total. The average molecular weight is 140 g/mol. The Kier molecular flexibility index (Phi) is 12.7. The summed E-state index contributed by atoms with van der Waals surface area (Å²) in [5.74, 6) is 0.558. The van der Waals surface area contributed by atoms with Crippen molar-refractivity contribution in [2.75, 3.05) is 0 Å². The molecule has 0 amide bonds. The number of nitrogens with zero attached hydrogens (tertiary/aromatic N) is 1. The van der Waals surface area contributed by atoms with Crippen LogP contribution in [0.4, 0.5) is 0 Å². The molecule has 0 aliphatic heterocycles. The summed E-state index contributed by atoms with van der Waals surface area (Å²) < 4.78 is 0. The predicted molar refractivity (Wildman–Crippen MR) is 48.0 cm³/mol. The Labute approximate surface area is 63.2 Å². The van der Waals surface area contributed by atoms with Gasteiger partial charge < -0.3 is 5.73 Å². The van der Waals surface area contributed by atoms with E-state index >= 15 is 0 Å². The van der Waals surface area contributed by atoms with Gasteiger partial charge in [-0.15, -0.1) is 0 Å². The molecule has 0 rings (SSSR count). The molecule has 58 valence electrons. The molecule has 0 aromatic carbocycles. The number of allylic oxidation sites excluding steroid dienone is 2. The van der Waals surface area contributed by atoms with E-state index in [0.29, 0.717) is 5.84 Å². The second kappa shape index (κ2) is 10.8. The van der Waals surface area contributed by atoms with Gasteiger partial charge in [0.2, 0.25) is 0 Å². The molecule has 0 aliphatic carbocycles. The Morgan fingerprint density at radius 3 is 2.30 bits per heavy atom. The van der Waals surface area contributed by atoms with E-state index in [2.05, 4.69) is 11.6 Å². The Hall–Kier alpha value is -1.05. The van der Waals surface area contributed by atoms with Gasteiger partial charge in [-0.05, 0) is 13.0 Å². The normalized spacial score (nSPS) is 10.5. The van der Waals surface area contributed by atoms with Gasteiger partial charge >= 0.3 is 0 Å². The first kappa shape index (κ1) is 11.7.